The largest absolute Gasteiger partial charge is 0.316 e. The Labute approximate surface area is 89.7 Å². The summed E-state index contributed by atoms with van der Waals surface area (Å²) >= 11 is 0. The van der Waals surface area contributed by atoms with E-state index in [1.807, 2.05) is 12.1 Å². The zero-order valence-electron chi connectivity index (χ0n) is 8.75. The van der Waals surface area contributed by atoms with Crippen LogP contribution in [0.1, 0.15) is 24.3 Å². The second kappa shape index (κ2) is 3.60. The zero-order chi connectivity index (χ0) is 10.3. The van der Waals surface area contributed by atoms with E-state index in [1.54, 1.807) is 12.1 Å². The van der Waals surface area contributed by atoms with Gasteiger partial charge in [0.25, 0.3) is 0 Å². The van der Waals surface area contributed by atoms with Crippen LogP contribution in [0.25, 0.3) is 0 Å². The molecule has 1 N–H and O–H groups in total. The van der Waals surface area contributed by atoms with Crippen LogP contribution in [0.2, 0.25) is 0 Å². The Hall–Kier alpha value is -0.890. The lowest BCUT2D eigenvalue weighted by Gasteiger charge is -2.12. The molecule has 0 bridgehead atoms. The summed E-state index contributed by atoms with van der Waals surface area (Å²) in [6, 6.07) is 7.26. The third kappa shape index (κ3) is 1.57. The lowest BCUT2D eigenvalue weighted by atomic mass is 9.95. The van der Waals surface area contributed by atoms with Gasteiger partial charge in [-0.2, -0.15) is 0 Å². The van der Waals surface area contributed by atoms with Crippen molar-refractivity contribution in [2.24, 2.45) is 11.8 Å². The molecule has 1 heterocycles. The minimum atomic E-state index is -0.0181. The van der Waals surface area contributed by atoms with Crippen LogP contribution in [0.5, 0.6) is 0 Å². The zero-order valence-corrected chi connectivity index (χ0v) is 8.75. The Bertz CT molecular complexity index is 351. The predicted octanol–water partition coefficient (Wildman–Crippen LogP) is 2.54. The first-order chi connectivity index (χ1) is 7.34. The van der Waals surface area contributed by atoms with Crippen molar-refractivity contribution in [3.8, 4) is 0 Å². The topological polar surface area (TPSA) is 12.0 Å². The highest BCUT2D eigenvalue weighted by Crippen LogP contribution is 2.44. The van der Waals surface area contributed by atoms with E-state index in [1.165, 1.54) is 12.8 Å². The number of hydrogen-bond donors (Lipinski definition) is 1. The number of nitrogens with one attached hydrogen (secondary N) is 1. The molecule has 1 nitrogen and oxygen atoms in total. The Balaban J connectivity index is 1.82. The quantitative estimate of drug-likeness (QED) is 0.743. The number of benzene rings is 1. The first-order valence-corrected chi connectivity index (χ1v) is 5.79. The molecule has 0 aromatic heterocycles. The van der Waals surface area contributed by atoms with Crippen LogP contribution in [0.3, 0.4) is 0 Å². The van der Waals surface area contributed by atoms with Crippen molar-refractivity contribution in [2.75, 3.05) is 13.1 Å². The molecule has 1 aliphatic carbocycles. The molecule has 3 rings (SSSR count). The Kier molecular flexibility index (Phi) is 2.24. The summed E-state index contributed by atoms with van der Waals surface area (Å²) in [5.74, 6) is 2.02. The van der Waals surface area contributed by atoms with Gasteiger partial charge in [-0.15, -0.1) is 0 Å². The molecule has 0 amide bonds. The van der Waals surface area contributed by atoms with Crippen molar-refractivity contribution < 1.29 is 4.39 Å². The van der Waals surface area contributed by atoms with Gasteiger partial charge in [-0.05, 0) is 55.3 Å². The first kappa shape index (κ1) is 9.34. The van der Waals surface area contributed by atoms with E-state index in [-0.39, 0.29) is 5.82 Å². The van der Waals surface area contributed by atoms with Gasteiger partial charge in [-0.3, -0.25) is 0 Å². The summed E-state index contributed by atoms with van der Waals surface area (Å²) in [5.41, 5.74) is 0.937. The van der Waals surface area contributed by atoms with E-state index in [4.69, 9.17) is 0 Å². The van der Waals surface area contributed by atoms with Crippen LogP contribution in [0, 0.1) is 17.7 Å². The van der Waals surface area contributed by atoms with Gasteiger partial charge in [0, 0.05) is 0 Å². The highest BCUT2D eigenvalue weighted by atomic mass is 19.1. The molecule has 1 saturated heterocycles. The van der Waals surface area contributed by atoms with Gasteiger partial charge >= 0.3 is 0 Å². The number of hydrogen-bond acceptors (Lipinski definition) is 1. The molecule has 1 saturated carbocycles. The molecule has 1 aliphatic heterocycles. The van der Waals surface area contributed by atoms with Crippen molar-refractivity contribution in [1.29, 1.82) is 0 Å². The molecule has 80 valence electrons. The van der Waals surface area contributed by atoms with Gasteiger partial charge in [-0.1, -0.05) is 18.2 Å². The van der Waals surface area contributed by atoms with E-state index in [0.717, 1.165) is 30.5 Å². The van der Waals surface area contributed by atoms with Gasteiger partial charge in [0.05, 0.1) is 0 Å². The van der Waals surface area contributed by atoms with Crippen molar-refractivity contribution in [1.82, 2.24) is 5.32 Å². The van der Waals surface area contributed by atoms with Crippen LogP contribution in [0.15, 0.2) is 24.3 Å². The van der Waals surface area contributed by atoms with E-state index in [0.29, 0.717) is 5.92 Å². The lowest BCUT2D eigenvalue weighted by Crippen LogP contribution is -2.11. The molecule has 2 unspecified atom stereocenters. The summed E-state index contributed by atoms with van der Waals surface area (Å²) in [7, 11) is 0. The fraction of sp³-hybridized carbons (Fsp3) is 0.538. The van der Waals surface area contributed by atoms with Crippen LogP contribution >= 0.6 is 0 Å². The second-order valence-electron chi connectivity index (χ2n) is 4.87. The van der Waals surface area contributed by atoms with E-state index >= 15 is 0 Å². The molecular formula is C13H16FN. The van der Waals surface area contributed by atoms with E-state index in [9.17, 15) is 4.39 Å². The normalized spacial score (nSPS) is 34.3. The SMILES string of the molecule is Fc1ccccc1C1CC2CNC[C@H]2C1. The van der Waals surface area contributed by atoms with Gasteiger partial charge in [0.1, 0.15) is 5.82 Å². The third-order valence-corrected chi connectivity index (χ3v) is 4.00. The summed E-state index contributed by atoms with van der Waals surface area (Å²) in [6.07, 6.45) is 2.33. The van der Waals surface area contributed by atoms with Crippen LogP contribution < -0.4 is 5.32 Å². The Morgan fingerprint density at radius 1 is 1.07 bits per heavy atom. The lowest BCUT2D eigenvalue weighted by molar-refractivity contribution is 0.494. The standard InChI is InChI=1S/C13H16FN/c14-13-4-2-1-3-12(13)9-5-10-7-15-8-11(10)6-9/h1-4,9-11,15H,5-8H2/t9?,10-,11?/m1/s1. The average molecular weight is 205 g/mol. The molecule has 3 atom stereocenters. The molecule has 2 aliphatic rings. The molecular weight excluding hydrogens is 189 g/mol. The van der Waals surface area contributed by atoms with Crippen molar-refractivity contribution in [3.05, 3.63) is 35.6 Å². The smallest absolute Gasteiger partial charge is 0.126 e. The van der Waals surface area contributed by atoms with Gasteiger partial charge in [0.2, 0.25) is 0 Å². The maximum absolute atomic E-state index is 13.6. The Morgan fingerprint density at radius 3 is 2.40 bits per heavy atom. The summed E-state index contributed by atoms with van der Waals surface area (Å²) in [4.78, 5) is 0. The predicted molar refractivity (Wildman–Crippen MR) is 58.2 cm³/mol. The molecule has 0 radical (unpaired) electrons. The minimum Gasteiger partial charge on any atom is -0.316 e. The number of rotatable bonds is 1. The molecule has 1 aromatic carbocycles. The fourth-order valence-electron chi connectivity index (χ4n) is 3.23. The third-order valence-electron chi connectivity index (χ3n) is 4.00. The summed E-state index contributed by atoms with van der Waals surface area (Å²) in [6.45, 7) is 2.27. The van der Waals surface area contributed by atoms with E-state index < -0.39 is 0 Å². The van der Waals surface area contributed by atoms with Gasteiger partial charge < -0.3 is 5.32 Å². The molecule has 1 aromatic rings. The van der Waals surface area contributed by atoms with Crippen molar-refractivity contribution in [3.63, 3.8) is 0 Å². The van der Waals surface area contributed by atoms with Crippen LogP contribution in [-0.2, 0) is 0 Å². The minimum absolute atomic E-state index is 0.0181. The highest BCUT2D eigenvalue weighted by Gasteiger charge is 2.38. The average Bonchev–Trinajstić information content (AvgIpc) is 2.77. The second-order valence-corrected chi connectivity index (χ2v) is 4.87. The number of fused-ring (bicyclic) bond motifs is 1. The highest BCUT2D eigenvalue weighted by molar-refractivity contribution is 5.23. The monoisotopic (exact) mass is 205 g/mol. The van der Waals surface area contributed by atoms with Gasteiger partial charge in [-0.25, -0.2) is 4.39 Å². The van der Waals surface area contributed by atoms with Gasteiger partial charge in [0.15, 0.2) is 0 Å². The summed E-state index contributed by atoms with van der Waals surface area (Å²) in [5, 5.41) is 3.42. The van der Waals surface area contributed by atoms with Crippen LogP contribution in [-0.4, -0.2) is 13.1 Å². The van der Waals surface area contributed by atoms with Crippen LogP contribution in [0.4, 0.5) is 4.39 Å². The van der Waals surface area contributed by atoms with E-state index in [2.05, 4.69) is 5.32 Å². The fourth-order valence-corrected chi connectivity index (χ4v) is 3.23. The molecule has 2 fully saturated rings. The molecule has 0 spiro atoms. The summed E-state index contributed by atoms with van der Waals surface area (Å²) < 4.78 is 13.6. The van der Waals surface area contributed by atoms with Crippen molar-refractivity contribution in [2.45, 2.75) is 18.8 Å². The first-order valence-electron chi connectivity index (χ1n) is 5.79. The Morgan fingerprint density at radius 2 is 1.73 bits per heavy atom. The molecule has 15 heavy (non-hydrogen) atoms. The maximum atomic E-state index is 13.6. The maximum Gasteiger partial charge on any atom is 0.126 e. The molecule has 2 heteroatoms. The van der Waals surface area contributed by atoms with Crippen molar-refractivity contribution >= 4 is 0 Å². The number of halogens is 1.